The fraction of sp³-hybridized carbons (Fsp3) is 0.129. The number of methoxy groups -OCH3 is 2. The number of benzene rings is 4. The zero-order chi connectivity index (χ0) is 29.7. The second-order valence-corrected chi connectivity index (χ2v) is 10.4. The van der Waals surface area contributed by atoms with Crippen LogP contribution in [0.5, 0.6) is 23.0 Å². The average Bonchev–Trinajstić information content (AvgIpc) is 3.00. The number of hydrazone groups is 2. The lowest BCUT2D eigenvalue weighted by Crippen LogP contribution is -2.28. The summed E-state index contributed by atoms with van der Waals surface area (Å²) in [5.74, 6) is 2.18. The summed E-state index contributed by atoms with van der Waals surface area (Å²) in [6.45, 7) is 0.781. The van der Waals surface area contributed by atoms with E-state index in [9.17, 15) is 4.79 Å². The minimum Gasteiger partial charge on any atom is -0.493 e. The molecule has 4 aromatic carbocycles. The zero-order valence-electron chi connectivity index (χ0n) is 22.8. The van der Waals surface area contributed by atoms with Crippen molar-refractivity contribution in [2.45, 2.75) is 13.2 Å². The first kappa shape index (κ1) is 30.6. The van der Waals surface area contributed by atoms with Gasteiger partial charge in [-0.15, -0.1) is 0 Å². The number of urea groups is 1. The van der Waals surface area contributed by atoms with Crippen molar-refractivity contribution in [1.82, 2.24) is 10.9 Å². The summed E-state index contributed by atoms with van der Waals surface area (Å²) in [6.07, 6.45) is 2.96. The minimum absolute atomic E-state index is 0.390. The second-order valence-electron chi connectivity index (χ2n) is 8.69. The highest BCUT2D eigenvalue weighted by atomic mass is 79.9. The Morgan fingerprint density at radius 1 is 0.690 bits per heavy atom. The Morgan fingerprint density at radius 2 is 1.10 bits per heavy atom. The molecule has 0 aliphatic carbocycles. The molecule has 0 spiro atoms. The van der Waals surface area contributed by atoms with Crippen LogP contribution in [0.25, 0.3) is 0 Å². The molecule has 216 valence electrons. The Kier molecular flexibility index (Phi) is 11.4. The summed E-state index contributed by atoms with van der Waals surface area (Å²) in [7, 11) is 3.11. The molecular formula is C31H28Br2N4O5. The van der Waals surface area contributed by atoms with Gasteiger partial charge >= 0.3 is 6.03 Å². The number of hydrogen-bond donors (Lipinski definition) is 2. The predicted octanol–water partition coefficient (Wildman–Crippen LogP) is 7.05. The van der Waals surface area contributed by atoms with Crippen molar-refractivity contribution in [2.24, 2.45) is 10.2 Å². The predicted molar refractivity (Wildman–Crippen MR) is 170 cm³/mol. The van der Waals surface area contributed by atoms with Crippen LogP contribution < -0.4 is 29.8 Å². The van der Waals surface area contributed by atoms with Crippen molar-refractivity contribution in [2.75, 3.05) is 14.2 Å². The van der Waals surface area contributed by atoms with Gasteiger partial charge in [-0.25, -0.2) is 15.6 Å². The standard InChI is InChI=1S/C31H28Br2N4O5/c1-39-27-15-23(13-25(32)29(27)41-19-21-9-5-3-6-10-21)17-34-36-31(38)37-35-18-24-14-26(33)30(28(16-24)40-2)42-20-22-11-7-4-8-12-22/h3-18H,19-20H2,1-2H3,(H2,36,37,38). The second kappa shape index (κ2) is 15.6. The van der Waals surface area contributed by atoms with Crippen LogP contribution in [0, 0.1) is 0 Å². The van der Waals surface area contributed by atoms with Crippen LogP contribution in [0.1, 0.15) is 22.3 Å². The Labute approximate surface area is 260 Å². The number of amides is 2. The third kappa shape index (κ3) is 8.82. The third-order valence-corrected chi connectivity index (χ3v) is 6.89. The van der Waals surface area contributed by atoms with E-state index in [0.717, 1.165) is 11.1 Å². The van der Waals surface area contributed by atoms with E-state index < -0.39 is 6.03 Å². The first-order valence-electron chi connectivity index (χ1n) is 12.7. The molecule has 0 aliphatic rings. The summed E-state index contributed by atoms with van der Waals surface area (Å²) in [6, 6.07) is 26.2. The van der Waals surface area contributed by atoms with Gasteiger partial charge in [-0.05, 0) is 78.4 Å². The maximum atomic E-state index is 12.2. The lowest BCUT2D eigenvalue weighted by atomic mass is 10.2. The molecule has 0 atom stereocenters. The van der Waals surface area contributed by atoms with Gasteiger partial charge in [0.05, 0.1) is 35.6 Å². The van der Waals surface area contributed by atoms with Gasteiger partial charge in [-0.3, -0.25) is 0 Å². The summed E-state index contributed by atoms with van der Waals surface area (Å²) in [5, 5.41) is 7.97. The smallest absolute Gasteiger partial charge is 0.355 e. The fourth-order valence-corrected chi connectivity index (χ4v) is 4.87. The van der Waals surface area contributed by atoms with Gasteiger partial charge in [0.1, 0.15) is 13.2 Å². The average molecular weight is 696 g/mol. The van der Waals surface area contributed by atoms with Crippen LogP contribution in [0.3, 0.4) is 0 Å². The van der Waals surface area contributed by atoms with Gasteiger partial charge in [0.25, 0.3) is 0 Å². The van der Waals surface area contributed by atoms with Crippen molar-refractivity contribution >= 4 is 50.3 Å². The number of ether oxygens (including phenoxy) is 4. The molecule has 0 unspecified atom stereocenters. The van der Waals surface area contributed by atoms with Crippen LogP contribution >= 0.6 is 31.9 Å². The molecule has 0 saturated heterocycles. The molecule has 0 aliphatic heterocycles. The molecule has 2 amide bonds. The van der Waals surface area contributed by atoms with E-state index in [1.807, 2.05) is 72.8 Å². The summed E-state index contributed by atoms with van der Waals surface area (Å²) in [5.41, 5.74) is 8.18. The quantitative estimate of drug-likeness (QED) is 0.122. The maximum absolute atomic E-state index is 12.2. The van der Waals surface area contributed by atoms with Gasteiger partial charge in [-0.2, -0.15) is 10.2 Å². The zero-order valence-corrected chi connectivity index (χ0v) is 26.0. The Balaban J connectivity index is 1.31. The number of nitrogens with one attached hydrogen (secondary N) is 2. The van der Waals surface area contributed by atoms with Crippen LogP contribution in [0.15, 0.2) is 104 Å². The number of halogens is 2. The van der Waals surface area contributed by atoms with Crippen molar-refractivity contribution < 1.29 is 23.7 Å². The molecule has 11 heteroatoms. The highest BCUT2D eigenvalue weighted by Crippen LogP contribution is 2.38. The lowest BCUT2D eigenvalue weighted by Gasteiger charge is -2.13. The number of nitrogens with zero attached hydrogens (tertiary/aromatic N) is 2. The van der Waals surface area contributed by atoms with E-state index in [2.05, 4.69) is 52.9 Å². The van der Waals surface area contributed by atoms with E-state index in [4.69, 9.17) is 18.9 Å². The van der Waals surface area contributed by atoms with Crippen LogP contribution in [-0.4, -0.2) is 32.7 Å². The topological polar surface area (TPSA) is 103 Å². The Hall–Kier alpha value is -4.35. The number of hydrogen-bond acceptors (Lipinski definition) is 7. The van der Waals surface area contributed by atoms with Crippen LogP contribution in [0.4, 0.5) is 4.79 Å². The molecule has 0 heterocycles. The molecular weight excluding hydrogens is 668 g/mol. The summed E-state index contributed by atoms with van der Waals surface area (Å²) >= 11 is 7.05. The monoisotopic (exact) mass is 694 g/mol. The number of carbonyl (C=O) groups excluding carboxylic acids is 1. The lowest BCUT2D eigenvalue weighted by molar-refractivity contribution is 0.242. The van der Waals surface area contributed by atoms with Gasteiger partial charge in [-0.1, -0.05) is 60.7 Å². The van der Waals surface area contributed by atoms with E-state index in [-0.39, 0.29) is 0 Å². The third-order valence-electron chi connectivity index (χ3n) is 5.71. The first-order chi connectivity index (χ1) is 20.5. The van der Waals surface area contributed by atoms with Crippen molar-refractivity contribution in [3.05, 3.63) is 116 Å². The van der Waals surface area contributed by atoms with Gasteiger partial charge < -0.3 is 18.9 Å². The Bertz CT molecular complexity index is 1440. The maximum Gasteiger partial charge on any atom is 0.355 e. The molecule has 4 aromatic rings. The highest BCUT2D eigenvalue weighted by Gasteiger charge is 2.13. The minimum atomic E-state index is -0.620. The molecule has 9 nitrogen and oxygen atoms in total. The van der Waals surface area contributed by atoms with Crippen molar-refractivity contribution in [3.63, 3.8) is 0 Å². The van der Waals surface area contributed by atoms with Crippen molar-refractivity contribution in [1.29, 1.82) is 0 Å². The molecule has 42 heavy (non-hydrogen) atoms. The van der Waals surface area contributed by atoms with Crippen LogP contribution in [0.2, 0.25) is 0 Å². The molecule has 4 rings (SSSR count). The molecule has 0 radical (unpaired) electrons. The fourth-order valence-electron chi connectivity index (χ4n) is 3.72. The van der Waals surface area contributed by atoms with Gasteiger partial charge in [0.15, 0.2) is 23.0 Å². The Morgan fingerprint density at radius 3 is 1.48 bits per heavy atom. The van der Waals surface area contributed by atoms with Crippen molar-refractivity contribution in [3.8, 4) is 23.0 Å². The highest BCUT2D eigenvalue weighted by molar-refractivity contribution is 9.11. The summed E-state index contributed by atoms with van der Waals surface area (Å²) < 4.78 is 24.3. The van der Waals surface area contributed by atoms with E-state index in [0.29, 0.717) is 56.3 Å². The molecule has 0 saturated carbocycles. The van der Waals surface area contributed by atoms with Crippen LogP contribution in [-0.2, 0) is 13.2 Å². The molecule has 2 N–H and O–H groups in total. The van der Waals surface area contributed by atoms with Gasteiger partial charge in [0.2, 0.25) is 0 Å². The largest absolute Gasteiger partial charge is 0.493 e. The molecule has 0 bridgehead atoms. The van der Waals surface area contributed by atoms with E-state index >= 15 is 0 Å². The van der Waals surface area contributed by atoms with Gasteiger partial charge in [0, 0.05) is 0 Å². The van der Waals surface area contributed by atoms with E-state index in [1.54, 1.807) is 26.4 Å². The van der Waals surface area contributed by atoms with E-state index in [1.165, 1.54) is 12.4 Å². The summed E-state index contributed by atoms with van der Waals surface area (Å²) in [4.78, 5) is 12.2. The first-order valence-corrected chi connectivity index (χ1v) is 14.3. The normalized spacial score (nSPS) is 11.0. The number of rotatable bonds is 12. The number of carbonyl (C=O) groups is 1. The SMILES string of the molecule is COc1cc(C=NNC(=O)NN=Cc2cc(Br)c(OCc3ccccc3)c(OC)c2)cc(Br)c1OCc1ccccc1. The molecule has 0 fully saturated rings. The molecule has 0 aromatic heterocycles.